The summed E-state index contributed by atoms with van der Waals surface area (Å²) in [6.07, 6.45) is 3.43. The third-order valence-electron chi connectivity index (χ3n) is 4.14. The number of rotatable bonds is 2. The van der Waals surface area contributed by atoms with Crippen LogP contribution in [0.5, 0.6) is 0 Å². The van der Waals surface area contributed by atoms with Crippen LogP contribution in [0.4, 0.5) is 10.1 Å². The Morgan fingerprint density at radius 2 is 2.25 bits per heavy atom. The van der Waals surface area contributed by atoms with Gasteiger partial charge in [-0.2, -0.15) is 0 Å². The standard InChI is InChI=1S/C14H17BrFN3O/c15-12-8(14(17)18)4-5-10(13(12)16)19-6-7-20-11-3-1-2-9(11)19/h4-5,9,11H,1-3,6-7H2,(H3,17,18). The number of nitrogen functional groups attached to an aromatic ring is 1. The molecule has 2 unspecified atom stereocenters. The molecule has 0 amide bonds. The van der Waals surface area contributed by atoms with E-state index in [4.69, 9.17) is 15.9 Å². The van der Waals surface area contributed by atoms with Crippen LogP contribution in [0.1, 0.15) is 24.8 Å². The lowest BCUT2D eigenvalue weighted by Crippen LogP contribution is -2.49. The van der Waals surface area contributed by atoms with Gasteiger partial charge in [-0.1, -0.05) is 0 Å². The number of morpholine rings is 1. The number of halogens is 2. The molecule has 1 saturated carbocycles. The van der Waals surface area contributed by atoms with Crippen LogP contribution in [-0.2, 0) is 4.74 Å². The molecule has 108 valence electrons. The minimum atomic E-state index is -0.342. The second kappa shape index (κ2) is 5.33. The van der Waals surface area contributed by atoms with Gasteiger partial charge in [-0.05, 0) is 47.3 Å². The molecular formula is C14H17BrFN3O. The lowest BCUT2D eigenvalue weighted by Gasteiger charge is -2.39. The Morgan fingerprint density at radius 3 is 3.00 bits per heavy atom. The van der Waals surface area contributed by atoms with Crippen molar-refractivity contribution in [2.45, 2.75) is 31.4 Å². The summed E-state index contributed by atoms with van der Waals surface area (Å²) in [4.78, 5) is 2.10. The lowest BCUT2D eigenvalue weighted by atomic mass is 10.1. The Morgan fingerprint density at radius 1 is 1.45 bits per heavy atom. The van der Waals surface area contributed by atoms with Crippen LogP contribution in [-0.4, -0.2) is 31.1 Å². The molecule has 4 nitrogen and oxygen atoms in total. The monoisotopic (exact) mass is 341 g/mol. The summed E-state index contributed by atoms with van der Waals surface area (Å²) in [6.45, 7) is 1.33. The van der Waals surface area contributed by atoms with Crippen molar-refractivity contribution in [3.63, 3.8) is 0 Å². The predicted octanol–water partition coefficient (Wildman–Crippen LogP) is 2.63. The third kappa shape index (κ3) is 2.20. The minimum Gasteiger partial charge on any atom is -0.384 e. The van der Waals surface area contributed by atoms with Crippen LogP contribution in [0.2, 0.25) is 0 Å². The minimum absolute atomic E-state index is 0.136. The molecule has 2 aliphatic rings. The van der Waals surface area contributed by atoms with E-state index < -0.39 is 0 Å². The molecule has 20 heavy (non-hydrogen) atoms. The maximum Gasteiger partial charge on any atom is 0.161 e. The number of anilines is 1. The fourth-order valence-electron chi connectivity index (χ4n) is 3.19. The Hall–Kier alpha value is -1.14. The predicted molar refractivity (Wildman–Crippen MR) is 79.8 cm³/mol. The zero-order valence-electron chi connectivity index (χ0n) is 11.0. The van der Waals surface area contributed by atoms with E-state index in [1.165, 1.54) is 0 Å². The van der Waals surface area contributed by atoms with Gasteiger partial charge in [-0.15, -0.1) is 0 Å². The molecule has 3 rings (SSSR count). The Bertz CT molecular complexity index is 551. The number of hydrogen-bond donors (Lipinski definition) is 2. The molecule has 2 atom stereocenters. The van der Waals surface area contributed by atoms with Gasteiger partial charge < -0.3 is 15.4 Å². The number of nitrogens with zero attached hydrogens (tertiary/aromatic N) is 1. The molecular weight excluding hydrogens is 325 g/mol. The van der Waals surface area contributed by atoms with Gasteiger partial charge >= 0.3 is 0 Å². The molecule has 0 aromatic heterocycles. The number of amidine groups is 1. The van der Waals surface area contributed by atoms with Crippen LogP contribution in [0.3, 0.4) is 0 Å². The van der Waals surface area contributed by atoms with Gasteiger partial charge in [0.1, 0.15) is 5.84 Å². The smallest absolute Gasteiger partial charge is 0.161 e. The first-order chi connectivity index (χ1) is 9.59. The van der Waals surface area contributed by atoms with E-state index in [2.05, 4.69) is 20.8 Å². The topological polar surface area (TPSA) is 62.3 Å². The number of hydrogen-bond acceptors (Lipinski definition) is 3. The van der Waals surface area contributed by atoms with Crippen molar-refractivity contribution in [3.8, 4) is 0 Å². The first kappa shape index (κ1) is 13.8. The molecule has 1 saturated heterocycles. The molecule has 6 heteroatoms. The number of benzene rings is 1. The van der Waals surface area contributed by atoms with E-state index in [1.807, 2.05) is 0 Å². The largest absolute Gasteiger partial charge is 0.384 e. The average Bonchev–Trinajstić information content (AvgIpc) is 2.89. The van der Waals surface area contributed by atoms with Crippen LogP contribution in [0.15, 0.2) is 16.6 Å². The van der Waals surface area contributed by atoms with Gasteiger partial charge in [0.05, 0.1) is 28.9 Å². The van der Waals surface area contributed by atoms with Crippen molar-refractivity contribution in [2.75, 3.05) is 18.1 Å². The molecule has 0 radical (unpaired) electrons. The lowest BCUT2D eigenvalue weighted by molar-refractivity contribution is 0.0254. The average molecular weight is 342 g/mol. The van der Waals surface area contributed by atoms with Gasteiger partial charge in [-0.25, -0.2) is 4.39 Å². The van der Waals surface area contributed by atoms with E-state index in [9.17, 15) is 4.39 Å². The van der Waals surface area contributed by atoms with E-state index in [1.54, 1.807) is 12.1 Å². The summed E-state index contributed by atoms with van der Waals surface area (Å²) < 4.78 is 20.6. The van der Waals surface area contributed by atoms with Crippen molar-refractivity contribution in [3.05, 3.63) is 28.0 Å². The summed E-state index contributed by atoms with van der Waals surface area (Å²) in [7, 11) is 0. The number of ether oxygens (including phenoxy) is 1. The van der Waals surface area contributed by atoms with Crippen LogP contribution >= 0.6 is 15.9 Å². The maximum atomic E-state index is 14.6. The first-order valence-electron chi connectivity index (χ1n) is 6.80. The number of nitrogens with two attached hydrogens (primary N) is 1. The summed E-state index contributed by atoms with van der Waals surface area (Å²) in [5, 5.41) is 7.45. The molecule has 0 bridgehead atoms. The molecule has 1 heterocycles. The first-order valence-corrected chi connectivity index (χ1v) is 7.59. The van der Waals surface area contributed by atoms with Crippen molar-refractivity contribution in [1.82, 2.24) is 0 Å². The fourth-order valence-corrected chi connectivity index (χ4v) is 3.74. The molecule has 1 aromatic carbocycles. The summed E-state index contributed by atoms with van der Waals surface area (Å²) in [5.41, 5.74) is 6.41. The molecule has 2 fully saturated rings. The summed E-state index contributed by atoms with van der Waals surface area (Å²) in [6, 6.07) is 3.68. The second-order valence-corrected chi connectivity index (χ2v) is 6.07. The van der Waals surface area contributed by atoms with Gasteiger partial charge in [0.15, 0.2) is 5.82 Å². The zero-order valence-corrected chi connectivity index (χ0v) is 12.6. The highest BCUT2D eigenvalue weighted by molar-refractivity contribution is 9.10. The van der Waals surface area contributed by atoms with Crippen molar-refractivity contribution in [1.29, 1.82) is 5.41 Å². The fraction of sp³-hybridized carbons (Fsp3) is 0.500. The molecule has 3 N–H and O–H groups in total. The molecule has 1 aromatic rings. The van der Waals surface area contributed by atoms with Crippen LogP contribution in [0.25, 0.3) is 0 Å². The Labute approximate surface area is 125 Å². The van der Waals surface area contributed by atoms with E-state index in [0.29, 0.717) is 24.4 Å². The van der Waals surface area contributed by atoms with Crippen molar-refractivity contribution in [2.24, 2.45) is 5.73 Å². The van der Waals surface area contributed by atoms with Crippen LogP contribution < -0.4 is 10.6 Å². The van der Waals surface area contributed by atoms with E-state index >= 15 is 0 Å². The Kier molecular flexibility index (Phi) is 3.69. The van der Waals surface area contributed by atoms with E-state index in [-0.39, 0.29) is 28.3 Å². The van der Waals surface area contributed by atoms with Gasteiger partial charge in [0.25, 0.3) is 0 Å². The SMILES string of the molecule is N=C(N)c1ccc(N2CCOC3CCCC32)c(F)c1Br. The molecule has 0 spiro atoms. The summed E-state index contributed by atoms with van der Waals surface area (Å²) >= 11 is 3.22. The normalized spacial score (nSPS) is 25.6. The molecule has 1 aliphatic carbocycles. The number of nitrogens with one attached hydrogen (secondary N) is 1. The van der Waals surface area contributed by atoms with Gasteiger partial charge in [-0.3, -0.25) is 5.41 Å². The third-order valence-corrected chi connectivity index (χ3v) is 4.92. The number of fused-ring (bicyclic) bond motifs is 1. The van der Waals surface area contributed by atoms with Crippen molar-refractivity contribution >= 4 is 27.5 Å². The van der Waals surface area contributed by atoms with Crippen LogP contribution in [0, 0.1) is 11.2 Å². The Balaban J connectivity index is 1.97. The maximum absolute atomic E-state index is 14.6. The highest BCUT2D eigenvalue weighted by atomic mass is 79.9. The van der Waals surface area contributed by atoms with E-state index in [0.717, 1.165) is 19.3 Å². The quantitative estimate of drug-likeness (QED) is 0.642. The summed E-state index contributed by atoms with van der Waals surface area (Å²) in [5.74, 6) is -0.478. The highest BCUT2D eigenvalue weighted by Gasteiger charge is 2.37. The second-order valence-electron chi connectivity index (χ2n) is 5.27. The van der Waals surface area contributed by atoms with Gasteiger partial charge in [0, 0.05) is 12.1 Å². The molecule has 1 aliphatic heterocycles. The zero-order chi connectivity index (χ0) is 14.3. The van der Waals surface area contributed by atoms with Crippen molar-refractivity contribution < 1.29 is 9.13 Å². The highest BCUT2D eigenvalue weighted by Crippen LogP contribution is 2.36. The van der Waals surface area contributed by atoms with Gasteiger partial charge in [0.2, 0.25) is 0 Å².